The standard InChI is InChI=1S/C43H35OPS.Os/c1-4-15-32-22-24-42-40(26-32)41-27-34(23-25-43(41)46-42)39(28-35-30-44-29-33(35)5-2)31(3)45(36-16-9-6-10-17-36,37-18-11-7-12-19-37)38-20-13-8-14-21-38;/h4-28H,29-30H2,1-2H3;/q+1;/b15-4+,33-5?,35-28?,39-31?;. The Balaban J connectivity index is 1.63. The van der Waals surface area contributed by atoms with E-state index in [4.69, 9.17) is 4.74 Å². The summed E-state index contributed by atoms with van der Waals surface area (Å²) in [6.07, 6.45) is 8.89. The van der Waals surface area contributed by atoms with E-state index in [2.05, 4.69) is 170 Å². The average Bonchev–Trinajstić information content (AvgIpc) is 3.74. The molecule has 1 fully saturated rings. The van der Waals surface area contributed by atoms with E-state index in [0.717, 1.165) is 0 Å². The predicted octanol–water partition coefficient (Wildman–Crippen LogP) is 10.2. The number of hydrogen-bond donors (Lipinski definition) is 0. The second-order valence-corrected chi connectivity index (χ2v) is 16.6. The van der Waals surface area contributed by atoms with Gasteiger partial charge in [0.15, 0.2) is 0 Å². The molecule has 5 aromatic carbocycles. The summed E-state index contributed by atoms with van der Waals surface area (Å²) in [6.45, 7) is 5.44. The molecule has 0 radical (unpaired) electrons. The van der Waals surface area contributed by atoms with Crippen LogP contribution in [0.1, 0.15) is 25.0 Å². The molecule has 1 aliphatic heterocycles. The van der Waals surface area contributed by atoms with Crippen molar-refractivity contribution in [2.45, 2.75) is 13.8 Å². The Bertz CT molecular complexity index is 2140. The number of benzene rings is 5. The number of hydrogen-bond acceptors (Lipinski definition) is 2. The minimum absolute atomic E-state index is 0.603. The Labute approximate surface area is 292 Å². The van der Waals surface area contributed by atoms with Crippen LogP contribution in [0.2, 0.25) is 0 Å². The van der Waals surface area contributed by atoms with Crippen LogP contribution in [-0.4, -0.2) is 13.2 Å². The minimum atomic E-state index is -2.42. The third-order valence-corrected chi connectivity index (χ3v) is 15.4. The zero-order chi connectivity index (χ0) is 32.2. The van der Waals surface area contributed by atoms with E-state index >= 15 is 0 Å². The number of rotatable bonds is 7. The van der Waals surface area contributed by atoms with Gasteiger partial charge in [-0.05, 0) is 0 Å². The van der Waals surface area contributed by atoms with Crippen LogP contribution in [0.3, 0.4) is 0 Å². The van der Waals surface area contributed by atoms with Gasteiger partial charge >= 0.3 is 294 Å². The summed E-state index contributed by atoms with van der Waals surface area (Å²) in [4.78, 5) is 0. The SMILES string of the molecule is CC=C1COCC1=CC(=C([C]#[Os])[P+](c1ccccc1)(c1ccccc1)c1ccccc1)c1ccc2sc3ccc(/C=C/C)cc3c2c1. The summed E-state index contributed by atoms with van der Waals surface area (Å²) >= 11 is 3.70. The molecule has 2 heterocycles. The Morgan fingerprint density at radius 2 is 1.26 bits per heavy atom. The Hall–Kier alpha value is -3.91. The van der Waals surface area contributed by atoms with Gasteiger partial charge in [0.1, 0.15) is 0 Å². The quantitative estimate of drug-likeness (QED) is 0.146. The second kappa shape index (κ2) is 14.1. The van der Waals surface area contributed by atoms with Gasteiger partial charge in [0, 0.05) is 0 Å². The molecule has 1 saturated heterocycles. The van der Waals surface area contributed by atoms with Crippen molar-refractivity contribution >= 4 is 66.3 Å². The molecule has 231 valence electrons. The topological polar surface area (TPSA) is 9.23 Å². The first-order chi connectivity index (χ1) is 23.2. The molecule has 1 nitrogen and oxygen atoms in total. The maximum atomic E-state index is 6.03. The molecule has 0 bridgehead atoms. The van der Waals surface area contributed by atoms with E-state index in [0.29, 0.717) is 13.2 Å². The van der Waals surface area contributed by atoms with Crippen molar-refractivity contribution in [3.05, 3.63) is 173 Å². The number of fused-ring (bicyclic) bond motifs is 3. The van der Waals surface area contributed by atoms with Crippen molar-refractivity contribution in [2.75, 3.05) is 13.2 Å². The van der Waals surface area contributed by atoms with Gasteiger partial charge in [0.25, 0.3) is 0 Å². The summed E-state index contributed by atoms with van der Waals surface area (Å²) < 4.78 is 12.5. The molecule has 0 aliphatic carbocycles. The second-order valence-electron chi connectivity index (χ2n) is 11.6. The van der Waals surface area contributed by atoms with Gasteiger partial charge in [0.2, 0.25) is 0 Å². The molecular weight excluding hydrogens is 786 g/mol. The number of ether oxygens (including phenoxy) is 1. The summed E-state index contributed by atoms with van der Waals surface area (Å²) in [7, 11) is -2.42. The molecule has 47 heavy (non-hydrogen) atoms. The van der Waals surface area contributed by atoms with E-state index in [1.165, 1.54) is 69.2 Å². The van der Waals surface area contributed by atoms with E-state index in [9.17, 15) is 0 Å². The fourth-order valence-electron chi connectivity index (χ4n) is 6.66. The van der Waals surface area contributed by atoms with Crippen molar-refractivity contribution in [1.82, 2.24) is 0 Å². The fraction of sp³-hybridized carbons (Fsp3) is 0.0930. The molecule has 7 rings (SSSR count). The van der Waals surface area contributed by atoms with Crippen LogP contribution in [-0.2, 0) is 22.7 Å². The van der Waals surface area contributed by atoms with Gasteiger partial charge in [-0.1, -0.05) is 0 Å². The third-order valence-electron chi connectivity index (χ3n) is 8.86. The molecular formula is C43H35OOsPS+. The van der Waals surface area contributed by atoms with E-state index in [-0.39, 0.29) is 0 Å². The van der Waals surface area contributed by atoms with Crippen molar-refractivity contribution in [1.29, 1.82) is 0 Å². The van der Waals surface area contributed by atoms with Crippen LogP contribution in [0, 0.1) is 4.37 Å². The van der Waals surface area contributed by atoms with Gasteiger partial charge in [-0.2, -0.15) is 0 Å². The third kappa shape index (κ3) is 5.90. The Morgan fingerprint density at radius 1 is 0.702 bits per heavy atom. The first-order valence-corrected chi connectivity index (χ1v) is 19.7. The van der Waals surface area contributed by atoms with Crippen molar-refractivity contribution in [3.63, 3.8) is 0 Å². The molecule has 0 spiro atoms. The molecule has 0 unspecified atom stereocenters. The van der Waals surface area contributed by atoms with Gasteiger partial charge in [0.05, 0.1) is 0 Å². The molecule has 1 aromatic heterocycles. The molecule has 0 atom stereocenters. The van der Waals surface area contributed by atoms with Crippen LogP contribution in [0.4, 0.5) is 0 Å². The molecule has 0 amide bonds. The molecule has 0 saturated carbocycles. The van der Waals surface area contributed by atoms with Gasteiger partial charge in [-0.15, -0.1) is 0 Å². The zero-order valence-electron chi connectivity index (χ0n) is 26.5. The number of thiophene rings is 1. The fourth-order valence-corrected chi connectivity index (χ4v) is 13.5. The van der Waals surface area contributed by atoms with Crippen LogP contribution in [0.25, 0.3) is 31.8 Å². The van der Waals surface area contributed by atoms with E-state index in [1.807, 2.05) is 29.3 Å². The molecule has 6 aromatic rings. The van der Waals surface area contributed by atoms with Crippen LogP contribution < -0.4 is 15.9 Å². The number of allylic oxidation sites excluding steroid dienone is 5. The predicted molar refractivity (Wildman–Crippen MR) is 203 cm³/mol. The maximum absolute atomic E-state index is 6.03. The summed E-state index contributed by atoms with van der Waals surface area (Å²) in [5.74, 6) is 0. The van der Waals surface area contributed by atoms with Crippen LogP contribution >= 0.6 is 18.6 Å². The van der Waals surface area contributed by atoms with Crippen molar-refractivity contribution in [3.8, 4) is 4.37 Å². The van der Waals surface area contributed by atoms with Gasteiger partial charge < -0.3 is 0 Å². The van der Waals surface area contributed by atoms with Crippen LogP contribution in [0.5, 0.6) is 0 Å². The average molecular weight is 821 g/mol. The van der Waals surface area contributed by atoms with Crippen LogP contribution in [0.15, 0.2) is 162 Å². The normalized spacial score (nSPS) is 16.0. The monoisotopic (exact) mass is 822 g/mol. The van der Waals surface area contributed by atoms with E-state index in [1.54, 1.807) is 0 Å². The first kappa shape index (κ1) is 31.7. The summed E-state index contributed by atoms with van der Waals surface area (Å²) in [6, 6.07) is 47.2. The zero-order valence-corrected chi connectivity index (χ0v) is 30.7. The molecule has 1 aliphatic rings. The molecule has 0 N–H and O–H groups in total. The van der Waals surface area contributed by atoms with Gasteiger partial charge in [-0.3, -0.25) is 0 Å². The van der Waals surface area contributed by atoms with E-state index < -0.39 is 7.26 Å². The molecule has 4 heteroatoms. The summed E-state index contributed by atoms with van der Waals surface area (Å²) in [5.41, 5.74) is 6.11. The van der Waals surface area contributed by atoms with Gasteiger partial charge in [-0.25, -0.2) is 0 Å². The Kier molecular flexibility index (Phi) is 9.47. The Morgan fingerprint density at radius 3 is 1.81 bits per heavy atom. The summed E-state index contributed by atoms with van der Waals surface area (Å²) in [5, 5.41) is 7.77. The van der Waals surface area contributed by atoms with Crippen molar-refractivity contribution in [2.24, 2.45) is 0 Å². The first-order valence-electron chi connectivity index (χ1n) is 15.9. The van der Waals surface area contributed by atoms with Crippen molar-refractivity contribution < 1.29 is 22.7 Å².